The Morgan fingerprint density at radius 3 is 2.45 bits per heavy atom. The van der Waals surface area contributed by atoms with Gasteiger partial charge in [-0.05, 0) is 25.1 Å². The molecule has 0 N–H and O–H groups in total. The van der Waals surface area contributed by atoms with E-state index in [0.717, 1.165) is 12.3 Å². The van der Waals surface area contributed by atoms with Crippen LogP contribution in [0.2, 0.25) is 0 Å². The topological polar surface area (TPSA) is 62.9 Å². The van der Waals surface area contributed by atoms with Crippen molar-refractivity contribution in [1.29, 1.82) is 5.26 Å². The monoisotopic (exact) mass is 330 g/mol. The summed E-state index contributed by atoms with van der Waals surface area (Å²) in [6.45, 7) is 1.62. The molecular weight excluding hydrogens is 317 g/mol. The maximum absolute atomic E-state index is 13.2. The van der Waals surface area contributed by atoms with Gasteiger partial charge in [0.2, 0.25) is 0 Å². The molecule has 22 heavy (non-hydrogen) atoms. The van der Waals surface area contributed by atoms with E-state index < -0.39 is 33.2 Å². The average Bonchev–Trinajstić information content (AvgIpc) is 2.77. The summed E-state index contributed by atoms with van der Waals surface area (Å²) in [5.74, 6) is -0.182. The van der Waals surface area contributed by atoms with Gasteiger partial charge in [-0.15, -0.1) is 0 Å². The molecular formula is C14H13F3N2O2S. The summed E-state index contributed by atoms with van der Waals surface area (Å²) in [6.07, 6.45) is -2.17. The van der Waals surface area contributed by atoms with E-state index in [2.05, 4.69) is 0 Å². The molecule has 0 aliphatic heterocycles. The smallest absolute Gasteiger partial charge is 0.344 e. The molecule has 2 aromatic rings. The number of hydrogen-bond acceptors (Lipinski definition) is 3. The van der Waals surface area contributed by atoms with Crippen LogP contribution in [0.25, 0.3) is 10.9 Å². The number of fused-ring (bicyclic) bond motifs is 1. The van der Waals surface area contributed by atoms with E-state index in [9.17, 15) is 21.6 Å². The second kappa shape index (κ2) is 5.32. The molecule has 0 saturated carbocycles. The normalized spacial score (nSPS) is 14.0. The second-order valence-corrected chi connectivity index (χ2v) is 7.38. The lowest BCUT2D eigenvalue weighted by molar-refractivity contribution is -0.136. The lowest BCUT2D eigenvalue weighted by Crippen LogP contribution is -2.16. The number of halogens is 3. The summed E-state index contributed by atoms with van der Waals surface area (Å²) in [4.78, 5) is 0. The minimum absolute atomic E-state index is 0.105. The summed E-state index contributed by atoms with van der Waals surface area (Å²) in [5, 5.41) is 8.77. The van der Waals surface area contributed by atoms with Gasteiger partial charge in [0.15, 0.2) is 0 Å². The fourth-order valence-corrected chi connectivity index (χ4v) is 3.58. The van der Waals surface area contributed by atoms with Crippen molar-refractivity contribution in [2.75, 3.05) is 12.0 Å². The van der Waals surface area contributed by atoms with Crippen LogP contribution in [0.5, 0.6) is 0 Å². The van der Waals surface area contributed by atoms with Gasteiger partial charge in [0.1, 0.15) is 9.84 Å². The Kier molecular flexibility index (Phi) is 3.96. The molecule has 2 rings (SSSR count). The number of alkyl halides is 3. The van der Waals surface area contributed by atoms with Gasteiger partial charge in [0, 0.05) is 29.4 Å². The molecule has 0 amide bonds. The number of hydrogen-bond donors (Lipinski definition) is 0. The Balaban J connectivity index is 2.67. The van der Waals surface area contributed by atoms with Gasteiger partial charge in [-0.2, -0.15) is 18.4 Å². The van der Waals surface area contributed by atoms with Crippen molar-refractivity contribution in [3.63, 3.8) is 0 Å². The van der Waals surface area contributed by atoms with Crippen molar-refractivity contribution in [2.24, 2.45) is 0 Å². The van der Waals surface area contributed by atoms with Gasteiger partial charge in [-0.3, -0.25) is 0 Å². The summed E-state index contributed by atoms with van der Waals surface area (Å²) < 4.78 is 63.8. The van der Waals surface area contributed by atoms with E-state index in [1.807, 2.05) is 0 Å². The van der Waals surface area contributed by atoms with Crippen molar-refractivity contribution in [3.05, 3.63) is 35.5 Å². The largest absolute Gasteiger partial charge is 0.418 e. The van der Waals surface area contributed by atoms with Crippen molar-refractivity contribution < 1.29 is 21.6 Å². The first kappa shape index (κ1) is 16.4. The zero-order chi connectivity index (χ0) is 16.7. The second-order valence-electron chi connectivity index (χ2n) is 5.19. The number of benzene rings is 1. The van der Waals surface area contributed by atoms with Crippen LogP contribution in [0.3, 0.4) is 0 Å². The number of sulfone groups is 1. The van der Waals surface area contributed by atoms with Gasteiger partial charge >= 0.3 is 6.18 Å². The number of nitriles is 1. The van der Waals surface area contributed by atoms with Crippen molar-refractivity contribution in [3.8, 4) is 6.07 Å². The molecule has 0 fully saturated rings. The zero-order valence-corrected chi connectivity index (χ0v) is 12.7. The molecule has 1 heterocycles. The average molecular weight is 330 g/mol. The maximum Gasteiger partial charge on any atom is 0.418 e. The Hall–Kier alpha value is -2.01. The SMILES string of the molecule is C[C@H](CS(C)(=O)=O)n1ccc2c(C(F)(F)F)c(C#N)ccc21. The first-order valence-corrected chi connectivity index (χ1v) is 8.39. The van der Waals surface area contributed by atoms with E-state index in [4.69, 9.17) is 5.26 Å². The summed E-state index contributed by atoms with van der Waals surface area (Å²) in [6, 6.07) is 4.81. The van der Waals surface area contributed by atoms with E-state index >= 15 is 0 Å². The quantitative estimate of drug-likeness (QED) is 0.868. The first-order chi connectivity index (χ1) is 10.0. The first-order valence-electron chi connectivity index (χ1n) is 6.33. The Morgan fingerprint density at radius 2 is 1.95 bits per heavy atom. The van der Waals surface area contributed by atoms with Gasteiger partial charge in [0.05, 0.1) is 22.9 Å². The van der Waals surface area contributed by atoms with Gasteiger partial charge < -0.3 is 4.57 Å². The van der Waals surface area contributed by atoms with Crippen LogP contribution in [0.15, 0.2) is 24.4 Å². The minimum Gasteiger partial charge on any atom is -0.344 e. The van der Waals surface area contributed by atoms with E-state index in [-0.39, 0.29) is 16.7 Å². The molecule has 4 nitrogen and oxygen atoms in total. The predicted octanol–water partition coefficient (Wildman–Crippen LogP) is 3.14. The Labute approximate surface area is 125 Å². The van der Waals surface area contributed by atoms with Crippen LogP contribution in [0, 0.1) is 11.3 Å². The predicted molar refractivity (Wildman–Crippen MR) is 76.1 cm³/mol. The zero-order valence-electron chi connectivity index (χ0n) is 11.8. The Morgan fingerprint density at radius 1 is 1.32 bits per heavy atom. The molecule has 1 atom stereocenters. The molecule has 1 aromatic heterocycles. The highest BCUT2D eigenvalue weighted by molar-refractivity contribution is 7.90. The summed E-state index contributed by atoms with van der Waals surface area (Å²) >= 11 is 0. The molecule has 0 spiro atoms. The number of aromatic nitrogens is 1. The highest BCUT2D eigenvalue weighted by atomic mass is 32.2. The summed E-state index contributed by atoms with van der Waals surface area (Å²) in [7, 11) is -3.26. The van der Waals surface area contributed by atoms with Crippen molar-refractivity contribution >= 4 is 20.7 Å². The molecule has 0 unspecified atom stereocenters. The minimum atomic E-state index is -4.66. The highest BCUT2D eigenvalue weighted by Crippen LogP contribution is 2.38. The fraction of sp³-hybridized carbons (Fsp3) is 0.357. The third-order valence-electron chi connectivity index (χ3n) is 3.33. The van der Waals surface area contributed by atoms with Crippen LogP contribution in [0.4, 0.5) is 13.2 Å². The lowest BCUT2D eigenvalue weighted by Gasteiger charge is -2.16. The van der Waals surface area contributed by atoms with Crippen LogP contribution < -0.4 is 0 Å². The molecule has 8 heteroatoms. The Bertz CT molecular complexity index is 861. The molecule has 0 aliphatic carbocycles. The van der Waals surface area contributed by atoms with Crippen molar-refractivity contribution in [2.45, 2.75) is 19.1 Å². The van der Waals surface area contributed by atoms with Crippen LogP contribution >= 0.6 is 0 Å². The van der Waals surface area contributed by atoms with Gasteiger partial charge in [-0.1, -0.05) is 0 Å². The van der Waals surface area contributed by atoms with Gasteiger partial charge in [-0.25, -0.2) is 8.42 Å². The fourth-order valence-electron chi connectivity index (χ4n) is 2.54. The molecule has 0 bridgehead atoms. The molecule has 0 saturated heterocycles. The summed E-state index contributed by atoms with van der Waals surface area (Å²) in [5.41, 5.74) is -1.19. The number of rotatable bonds is 3. The van der Waals surface area contributed by atoms with Crippen molar-refractivity contribution in [1.82, 2.24) is 4.57 Å². The van der Waals surface area contributed by atoms with Crippen LogP contribution in [0.1, 0.15) is 24.1 Å². The van der Waals surface area contributed by atoms with Crippen LogP contribution in [-0.2, 0) is 16.0 Å². The third kappa shape index (κ3) is 3.09. The number of nitrogens with zero attached hydrogens (tertiary/aromatic N) is 2. The van der Waals surface area contributed by atoms with E-state index in [1.165, 1.54) is 22.9 Å². The van der Waals surface area contributed by atoms with Crippen LogP contribution in [-0.4, -0.2) is 25.0 Å². The molecule has 1 aromatic carbocycles. The molecule has 0 radical (unpaired) electrons. The highest BCUT2D eigenvalue weighted by Gasteiger charge is 2.36. The standard InChI is InChI=1S/C14H13F3N2O2S/c1-9(8-22(2,20)21)19-6-5-11-12(19)4-3-10(7-18)13(11)14(15,16)17/h3-6,9H,8H2,1-2H3/t9-/m1/s1. The molecule has 118 valence electrons. The van der Waals surface area contributed by atoms with E-state index in [0.29, 0.717) is 0 Å². The lowest BCUT2D eigenvalue weighted by atomic mass is 10.0. The van der Waals surface area contributed by atoms with E-state index in [1.54, 1.807) is 13.0 Å². The maximum atomic E-state index is 13.2. The molecule has 0 aliphatic rings. The third-order valence-corrected chi connectivity index (χ3v) is 4.41. The van der Waals surface area contributed by atoms with Gasteiger partial charge in [0.25, 0.3) is 0 Å².